The zero-order chi connectivity index (χ0) is 21.5. The number of carbonyl (C=O) groups is 2. The van der Waals surface area contributed by atoms with Crippen LogP contribution in [0, 0.1) is 5.41 Å². The second-order valence-electron chi connectivity index (χ2n) is 7.67. The molecule has 3 aromatic rings. The first-order chi connectivity index (χ1) is 14.4. The molecule has 1 fully saturated rings. The van der Waals surface area contributed by atoms with Gasteiger partial charge < -0.3 is 19.2 Å². The van der Waals surface area contributed by atoms with E-state index < -0.39 is 5.41 Å². The van der Waals surface area contributed by atoms with Crippen LogP contribution < -0.4 is 14.2 Å². The number of aromatic amines is 1. The lowest BCUT2D eigenvalue weighted by Crippen LogP contribution is -2.25. The van der Waals surface area contributed by atoms with Gasteiger partial charge >= 0.3 is 0 Å². The van der Waals surface area contributed by atoms with E-state index in [0.717, 1.165) is 0 Å². The molecule has 156 valence electrons. The lowest BCUT2D eigenvalue weighted by Gasteiger charge is -2.20. The highest BCUT2D eigenvalue weighted by atomic mass is 16.5. The molecule has 1 aliphatic rings. The summed E-state index contributed by atoms with van der Waals surface area (Å²) in [5.41, 5.74) is 2.01. The van der Waals surface area contributed by atoms with Crippen LogP contribution >= 0.6 is 0 Å². The fourth-order valence-corrected chi connectivity index (χ4v) is 3.98. The Morgan fingerprint density at radius 3 is 2.40 bits per heavy atom. The Morgan fingerprint density at radius 2 is 1.83 bits per heavy atom. The van der Waals surface area contributed by atoms with E-state index in [-0.39, 0.29) is 18.0 Å². The van der Waals surface area contributed by atoms with Crippen molar-refractivity contribution in [1.29, 1.82) is 0 Å². The van der Waals surface area contributed by atoms with Crippen molar-refractivity contribution in [3.8, 4) is 28.5 Å². The number of nitrogens with zero attached hydrogens (tertiary/aromatic N) is 2. The minimum absolute atomic E-state index is 0.0871. The van der Waals surface area contributed by atoms with Crippen LogP contribution in [0.1, 0.15) is 36.5 Å². The van der Waals surface area contributed by atoms with Gasteiger partial charge in [0.15, 0.2) is 22.9 Å². The Kier molecular flexibility index (Phi) is 4.93. The Balaban J connectivity index is 1.80. The molecule has 1 N–H and O–H groups in total. The molecule has 4 rings (SSSR count). The van der Waals surface area contributed by atoms with Gasteiger partial charge in [0, 0.05) is 30.0 Å². The number of H-pyrrole nitrogens is 1. The number of methoxy groups -OCH3 is 3. The van der Waals surface area contributed by atoms with Crippen LogP contribution in [0.15, 0.2) is 24.5 Å². The molecule has 0 saturated heterocycles. The fraction of sp³-hybridized carbons (Fsp3) is 0.364. The lowest BCUT2D eigenvalue weighted by molar-refractivity contribution is -0.117. The molecular weight excluding hydrogens is 386 g/mol. The maximum Gasteiger partial charge on any atom is 0.203 e. The van der Waals surface area contributed by atoms with Crippen molar-refractivity contribution >= 4 is 22.7 Å². The Morgan fingerprint density at radius 1 is 1.13 bits per heavy atom. The van der Waals surface area contributed by atoms with Crippen LogP contribution in [0.5, 0.6) is 17.2 Å². The number of rotatable bonds is 6. The van der Waals surface area contributed by atoms with Gasteiger partial charge in [-0.1, -0.05) is 6.92 Å². The Hall–Kier alpha value is -3.42. The summed E-state index contributed by atoms with van der Waals surface area (Å²) < 4.78 is 16.2. The van der Waals surface area contributed by atoms with Crippen LogP contribution in [0.25, 0.3) is 22.4 Å². The van der Waals surface area contributed by atoms with Gasteiger partial charge in [0.05, 0.1) is 38.8 Å². The summed E-state index contributed by atoms with van der Waals surface area (Å²) in [6.07, 6.45) is 4.50. The third-order valence-electron chi connectivity index (χ3n) is 5.68. The third kappa shape index (κ3) is 3.18. The topological polar surface area (TPSA) is 103 Å². The van der Waals surface area contributed by atoms with E-state index in [9.17, 15) is 9.59 Å². The average Bonchev–Trinajstić information content (AvgIpc) is 3.34. The van der Waals surface area contributed by atoms with Crippen LogP contribution in [0.4, 0.5) is 0 Å². The largest absolute Gasteiger partial charge is 0.493 e. The number of hydrogen-bond donors (Lipinski definition) is 1. The molecule has 8 nitrogen and oxygen atoms in total. The maximum absolute atomic E-state index is 13.2. The molecular formula is C22H23N3O5. The summed E-state index contributed by atoms with van der Waals surface area (Å²) in [4.78, 5) is 37.2. The second-order valence-corrected chi connectivity index (χ2v) is 7.67. The number of hydrogen-bond acceptors (Lipinski definition) is 7. The molecule has 8 heteroatoms. The van der Waals surface area contributed by atoms with E-state index in [1.54, 1.807) is 38.7 Å². The predicted octanol–water partition coefficient (Wildman–Crippen LogP) is 3.59. The van der Waals surface area contributed by atoms with Crippen molar-refractivity contribution in [3.05, 3.63) is 30.1 Å². The number of ketones is 2. The van der Waals surface area contributed by atoms with Crippen molar-refractivity contribution < 1.29 is 23.8 Å². The lowest BCUT2D eigenvalue weighted by atomic mass is 9.81. The van der Waals surface area contributed by atoms with Crippen molar-refractivity contribution in [2.75, 3.05) is 21.3 Å². The highest BCUT2D eigenvalue weighted by molar-refractivity contribution is 6.11. The van der Waals surface area contributed by atoms with E-state index in [1.165, 1.54) is 7.11 Å². The molecule has 30 heavy (non-hydrogen) atoms. The summed E-state index contributed by atoms with van der Waals surface area (Å²) in [7, 11) is 4.63. The van der Waals surface area contributed by atoms with Gasteiger partial charge in [-0.3, -0.25) is 9.59 Å². The molecule has 0 amide bonds. The highest BCUT2D eigenvalue weighted by Crippen LogP contribution is 2.42. The van der Waals surface area contributed by atoms with Gasteiger partial charge in [0.1, 0.15) is 11.3 Å². The summed E-state index contributed by atoms with van der Waals surface area (Å²) in [6.45, 7) is 1.84. The second kappa shape index (κ2) is 7.44. The zero-order valence-electron chi connectivity index (χ0n) is 17.4. The fourth-order valence-electron chi connectivity index (χ4n) is 3.98. The normalized spacial score (nSPS) is 18.6. The number of carbonyl (C=O) groups excluding carboxylic acids is 2. The SMILES string of the molecule is COc1cc(-c2cnc3[nH]cc(C(=O)C4(C)CCC(=O)C4)c3n2)cc(OC)c1OC. The smallest absolute Gasteiger partial charge is 0.203 e. The molecule has 1 unspecified atom stereocenters. The quantitative estimate of drug-likeness (QED) is 0.621. The molecule has 2 heterocycles. The summed E-state index contributed by atoms with van der Waals surface area (Å²) in [6, 6.07) is 3.56. The first kappa shape index (κ1) is 19.9. The van der Waals surface area contributed by atoms with Crippen molar-refractivity contribution in [2.24, 2.45) is 5.41 Å². The summed E-state index contributed by atoms with van der Waals surface area (Å²) in [5.74, 6) is 1.51. The number of Topliss-reactive ketones (excluding diaryl/α,β-unsaturated/α-hetero) is 2. The molecule has 1 atom stereocenters. The third-order valence-corrected chi connectivity index (χ3v) is 5.68. The first-order valence-electron chi connectivity index (χ1n) is 9.61. The number of fused-ring (bicyclic) bond motifs is 1. The Bertz CT molecular complexity index is 1130. The van der Waals surface area contributed by atoms with Crippen molar-refractivity contribution in [2.45, 2.75) is 26.2 Å². The number of benzene rings is 1. The van der Waals surface area contributed by atoms with Crippen LogP contribution in [-0.4, -0.2) is 47.8 Å². The maximum atomic E-state index is 13.2. The summed E-state index contributed by atoms with van der Waals surface area (Å²) >= 11 is 0. The van der Waals surface area contributed by atoms with Gasteiger partial charge in [-0.25, -0.2) is 9.97 Å². The van der Waals surface area contributed by atoms with Gasteiger partial charge in [0.2, 0.25) is 5.75 Å². The van der Waals surface area contributed by atoms with Gasteiger partial charge in [0.25, 0.3) is 0 Å². The monoisotopic (exact) mass is 409 g/mol. The molecule has 0 spiro atoms. The number of nitrogens with one attached hydrogen (secondary N) is 1. The Labute approximate surface area is 173 Å². The minimum atomic E-state index is -0.698. The van der Waals surface area contributed by atoms with Gasteiger partial charge in [-0.15, -0.1) is 0 Å². The molecule has 2 aromatic heterocycles. The first-order valence-corrected chi connectivity index (χ1v) is 9.61. The van der Waals surface area contributed by atoms with E-state index in [2.05, 4.69) is 9.97 Å². The molecule has 0 bridgehead atoms. The van der Waals surface area contributed by atoms with Crippen LogP contribution in [-0.2, 0) is 4.79 Å². The van der Waals surface area contributed by atoms with Crippen LogP contribution in [0.3, 0.4) is 0 Å². The highest BCUT2D eigenvalue weighted by Gasteiger charge is 2.41. The minimum Gasteiger partial charge on any atom is -0.493 e. The summed E-state index contributed by atoms with van der Waals surface area (Å²) in [5, 5.41) is 0. The standard InChI is InChI=1S/C22H23N3O5/c1-22(6-5-13(26)9-22)20(27)14-10-23-21-18(14)25-15(11-24-21)12-7-16(28-2)19(30-4)17(8-12)29-3/h7-8,10-11H,5-6,9H2,1-4H3,(H,23,24). The van der Waals surface area contributed by atoms with E-state index >= 15 is 0 Å². The van der Waals surface area contributed by atoms with Gasteiger partial charge in [-0.2, -0.15) is 0 Å². The zero-order valence-corrected chi connectivity index (χ0v) is 17.4. The van der Waals surface area contributed by atoms with Crippen LogP contribution in [0.2, 0.25) is 0 Å². The van der Waals surface area contributed by atoms with Crippen molar-refractivity contribution in [1.82, 2.24) is 15.0 Å². The number of ether oxygens (including phenoxy) is 3. The van der Waals surface area contributed by atoms with Gasteiger partial charge in [-0.05, 0) is 18.6 Å². The van der Waals surface area contributed by atoms with E-state index in [4.69, 9.17) is 19.2 Å². The predicted molar refractivity (Wildman–Crippen MR) is 110 cm³/mol. The average molecular weight is 409 g/mol. The van der Waals surface area contributed by atoms with E-state index in [1.807, 2.05) is 6.92 Å². The molecule has 0 aliphatic heterocycles. The molecule has 0 radical (unpaired) electrons. The molecule has 1 saturated carbocycles. The number of aromatic nitrogens is 3. The molecule has 1 aliphatic carbocycles. The van der Waals surface area contributed by atoms with Crippen molar-refractivity contribution in [3.63, 3.8) is 0 Å². The molecule has 1 aromatic carbocycles. The van der Waals surface area contributed by atoms with E-state index in [0.29, 0.717) is 58.1 Å².